The van der Waals surface area contributed by atoms with Crippen LogP contribution in [0.25, 0.3) is 0 Å². The number of pyridine rings is 1. The standard InChI is InChI=1S/C21H23N3O2S/c1-14-5-8-19(16(3)11-14)23-21-10-7-18(13-22-21)24-27(25,26)20-9-6-15(2)12-17(20)4/h5-13,24H,1-4H3,(H,22,23). The summed E-state index contributed by atoms with van der Waals surface area (Å²) in [6.45, 7) is 7.80. The lowest BCUT2D eigenvalue weighted by Crippen LogP contribution is -2.14. The quantitative estimate of drug-likeness (QED) is 0.662. The van der Waals surface area contributed by atoms with Crippen molar-refractivity contribution in [3.05, 3.63) is 77.0 Å². The smallest absolute Gasteiger partial charge is 0.262 e. The van der Waals surface area contributed by atoms with Gasteiger partial charge in [-0.05, 0) is 63.1 Å². The molecule has 3 rings (SSSR count). The normalized spacial score (nSPS) is 11.3. The van der Waals surface area contributed by atoms with E-state index in [1.807, 2.05) is 39.0 Å². The molecule has 0 aliphatic carbocycles. The number of sulfonamides is 1. The molecule has 0 aliphatic heterocycles. The molecule has 1 aromatic heterocycles. The predicted molar refractivity (Wildman–Crippen MR) is 110 cm³/mol. The van der Waals surface area contributed by atoms with Gasteiger partial charge in [0.15, 0.2) is 0 Å². The zero-order valence-electron chi connectivity index (χ0n) is 15.9. The van der Waals surface area contributed by atoms with Crippen molar-refractivity contribution in [2.45, 2.75) is 32.6 Å². The third kappa shape index (κ3) is 4.46. The average molecular weight is 382 g/mol. The van der Waals surface area contributed by atoms with Gasteiger partial charge in [0.1, 0.15) is 5.82 Å². The first-order valence-corrected chi connectivity index (χ1v) is 10.1. The van der Waals surface area contributed by atoms with Crippen molar-refractivity contribution < 1.29 is 8.42 Å². The first kappa shape index (κ1) is 18.9. The lowest BCUT2D eigenvalue weighted by Gasteiger charge is -2.12. The summed E-state index contributed by atoms with van der Waals surface area (Å²) < 4.78 is 27.9. The number of benzene rings is 2. The van der Waals surface area contributed by atoms with Gasteiger partial charge in [-0.1, -0.05) is 35.4 Å². The average Bonchev–Trinajstić information content (AvgIpc) is 2.58. The molecule has 0 atom stereocenters. The van der Waals surface area contributed by atoms with Crippen LogP contribution >= 0.6 is 0 Å². The van der Waals surface area contributed by atoms with E-state index >= 15 is 0 Å². The number of aryl methyl sites for hydroxylation is 4. The van der Waals surface area contributed by atoms with Crippen LogP contribution in [-0.4, -0.2) is 13.4 Å². The molecule has 2 N–H and O–H groups in total. The zero-order valence-corrected chi connectivity index (χ0v) is 16.7. The summed E-state index contributed by atoms with van der Waals surface area (Å²) in [5.74, 6) is 0.649. The maximum atomic E-state index is 12.6. The number of hydrogen-bond acceptors (Lipinski definition) is 4. The van der Waals surface area contributed by atoms with Gasteiger partial charge in [0.2, 0.25) is 0 Å². The van der Waals surface area contributed by atoms with Gasteiger partial charge in [-0.25, -0.2) is 13.4 Å². The molecule has 1 heterocycles. The minimum Gasteiger partial charge on any atom is -0.340 e. The summed E-state index contributed by atoms with van der Waals surface area (Å²) in [7, 11) is -3.65. The third-order valence-corrected chi connectivity index (χ3v) is 5.82. The lowest BCUT2D eigenvalue weighted by atomic mass is 10.1. The number of nitrogens with zero attached hydrogens (tertiary/aromatic N) is 1. The fourth-order valence-corrected chi connectivity index (χ4v) is 4.20. The van der Waals surface area contributed by atoms with Gasteiger partial charge in [-0.2, -0.15) is 0 Å². The highest BCUT2D eigenvalue weighted by atomic mass is 32.2. The summed E-state index contributed by atoms with van der Waals surface area (Å²) in [6.07, 6.45) is 1.51. The van der Waals surface area contributed by atoms with Crippen LogP contribution in [0.1, 0.15) is 22.3 Å². The van der Waals surface area contributed by atoms with Crippen molar-refractivity contribution in [1.29, 1.82) is 0 Å². The Labute approximate surface area is 160 Å². The largest absolute Gasteiger partial charge is 0.340 e. The van der Waals surface area contributed by atoms with Crippen LogP contribution in [0.2, 0.25) is 0 Å². The van der Waals surface area contributed by atoms with Gasteiger partial charge in [0.25, 0.3) is 10.0 Å². The topological polar surface area (TPSA) is 71.1 Å². The lowest BCUT2D eigenvalue weighted by molar-refractivity contribution is 0.600. The molecule has 0 spiro atoms. The number of hydrogen-bond donors (Lipinski definition) is 2. The number of nitrogens with one attached hydrogen (secondary N) is 2. The Kier molecular flexibility index (Phi) is 5.19. The van der Waals surface area contributed by atoms with Crippen molar-refractivity contribution in [2.24, 2.45) is 0 Å². The van der Waals surface area contributed by atoms with E-state index in [0.717, 1.165) is 16.8 Å². The first-order chi connectivity index (χ1) is 12.7. The molecule has 0 bridgehead atoms. The minimum absolute atomic E-state index is 0.269. The van der Waals surface area contributed by atoms with Crippen molar-refractivity contribution in [3.8, 4) is 0 Å². The predicted octanol–water partition coefficient (Wildman–Crippen LogP) is 4.86. The molecule has 0 radical (unpaired) electrons. The first-order valence-electron chi connectivity index (χ1n) is 8.65. The minimum atomic E-state index is -3.65. The van der Waals surface area contributed by atoms with Gasteiger partial charge in [0.05, 0.1) is 16.8 Å². The Balaban J connectivity index is 1.77. The second kappa shape index (κ2) is 7.40. The van der Waals surface area contributed by atoms with Crippen molar-refractivity contribution in [2.75, 3.05) is 10.0 Å². The number of aromatic nitrogens is 1. The van der Waals surface area contributed by atoms with Crippen molar-refractivity contribution in [3.63, 3.8) is 0 Å². The number of rotatable bonds is 5. The second-order valence-corrected chi connectivity index (χ2v) is 8.40. The molecule has 5 nitrogen and oxygen atoms in total. The Morgan fingerprint density at radius 2 is 1.48 bits per heavy atom. The fraction of sp³-hybridized carbons (Fsp3) is 0.190. The van der Waals surface area contributed by atoms with Crippen LogP contribution < -0.4 is 10.0 Å². The summed E-state index contributed by atoms with van der Waals surface area (Å²) >= 11 is 0. The summed E-state index contributed by atoms with van der Waals surface area (Å²) in [5.41, 5.74) is 5.44. The fourth-order valence-electron chi connectivity index (χ4n) is 2.93. The van der Waals surface area contributed by atoms with E-state index in [4.69, 9.17) is 0 Å². The van der Waals surface area contributed by atoms with Crippen molar-refractivity contribution in [1.82, 2.24) is 4.98 Å². The van der Waals surface area contributed by atoms with E-state index < -0.39 is 10.0 Å². The van der Waals surface area contributed by atoms with E-state index in [1.54, 1.807) is 31.2 Å². The molecule has 0 amide bonds. The third-order valence-electron chi connectivity index (χ3n) is 4.28. The van der Waals surface area contributed by atoms with Crippen LogP contribution in [0.4, 0.5) is 17.2 Å². The molecule has 0 saturated carbocycles. The van der Waals surface area contributed by atoms with Crippen LogP contribution in [-0.2, 0) is 10.0 Å². The van der Waals surface area contributed by atoms with E-state index in [0.29, 0.717) is 17.1 Å². The zero-order chi connectivity index (χ0) is 19.6. The van der Waals surface area contributed by atoms with E-state index in [1.165, 1.54) is 11.8 Å². The maximum Gasteiger partial charge on any atom is 0.262 e. The van der Waals surface area contributed by atoms with Crippen LogP contribution in [0.15, 0.2) is 59.6 Å². The van der Waals surface area contributed by atoms with Crippen LogP contribution in [0, 0.1) is 27.7 Å². The molecular weight excluding hydrogens is 358 g/mol. The Morgan fingerprint density at radius 1 is 0.815 bits per heavy atom. The van der Waals surface area contributed by atoms with E-state index in [9.17, 15) is 8.42 Å². The van der Waals surface area contributed by atoms with Gasteiger partial charge in [-0.15, -0.1) is 0 Å². The van der Waals surface area contributed by atoms with E-state index in [2.05, 4.69) is 21.1 Å². The summed E-state index contributed by atoms with van der Waals surface area (Å²) in [4.78, 5) is 4.58. The highest BCUT2D eigenvalue weighted by Crippen LogP contribution is 2.23. The molecule has 0 unspecified atom stereocenters. The van der Waals surface area contributed by atoms with Gasteiger partial charge < -0.3 is 5.32 Å². The van der Waals surface area contributed by atoms with Crippen LogP contribution in [0.3, 0.4) is 0 Å². The monoisotopic (exact) mass is 381 g/mol. The highest BCUT2D eigenvalue weighted by Gasteiger charge is 2.17. The molecule has 6 heteroatoms. The molecular formula is C21H23N3O2S. The molecule has 140 valence electrons. The highest BCUT2D eigenvalue weighted by molar-refractivity contribution is 7.92. The SMILES string of the molecule is Cc1ccc(Nc2ccc(NS(=O)(=O)c3ccc(C)cc3C)cn2)c(C)c1. The Bertz CT molecular complexity index is 1080. The van der Waals surface area contributed by atoms with Gasteiger partial charge in [0, 0.05) is 5.69 Å². The molecule has 27 heavy (non-hydrogen) atoms. The van der Waals surface area contributed by atoms with Gasteiger partial charge in [-0.3, -0.25) is 4.72 Å². The number of anilines is 3. The Morgan fingerprint density at radius 3 is 2.07 bits per heavy atom. The van der Waals surface area contributed by atoms with E-state index in [-0.39, 0.29) is 4.90 Å². The summed E-state index contributed by atoms with van der Waals surface area (Å²) in [5, 5.41) is 3.25. The molecule has 2 aromatic carbocycles. The molecule has 0 saturated heterocycles. The molecule has 0 fully saturated rings. The maximum absolute atomic E-state index is 12.6. The van der Waals surface area contributed by atoms with Crippen molar-refractivity contribution >= 4 is 27.2 Å². The molecule has 0 aliphatic rings. The molecule has 3 aromatic rings. The Hall–Kier alpha value is -2.86. The van der Waals surface area contributed by atoms with Crippen LogP contribution in [0.5, 0.6) is 0 Å². The summed E-state index contributed by atoms with van der Waals surface area (Å²) in [6, 6.07) is 14.8. The second-order valence-electron chi connectivity index (χ2n) is 6.75. The van der Waals surface area contributed by atoms with Gasteiger partial charge >= 0.3 is 0 Å².